The number of carbonyl (C=O) groups is 1. The van der Waals surface area contributed by atoms with Crippen LogP contribution in [0.4, 0.5) is 0 Å². The molecule has 7 nitrogen and oxygen atoms in total. The van der Waals surface area contributed by atoms with Gasteiger partial charge in [0.2, 0.25) is 17.5 Å². The summed E-state index contributed by atoms with van der Waals surface area (Å²) in [6, 6.07) is 1.54. The molecule has 0 saturated heterocycles. The summed E-state index contributed by atoms with van der Waals surface area (Å²) in [6.07, 6.45) is 1.92. The van der Waals surface area contributed by atoms with Gasteiger partial charge < -0.3 is 14.6 Å². The SMILES string of the molecule is COc1cc(OC)n2c(C(=O)O)c(C3CC3)nc2n1. The molecule has 2 heterocycles. The summed E-state index contributed by atoms with van der Waals surface area (Å²) in [6.45, 7) is 0. The number of rotatable bonds is 4. The third-order valence-corrected chi connectivity index (χ3v) is 3.15. The van der Waals surface area contributed by atoms with E-state index in [2.05, 4.69) is 9.97 Å². The van der Waals surface area contributed by atoms with Crippen molar-refractivity contribution < 1.29 is 19.4 Å². The highest BCUT2D eigenvalue weighted by Gasteiger charge is 2.34. The van der Waals surface area contributed by atoms with Crippen LogP contribution in [0.2, 0.25) is 0 Å². The van der Waals surface area contributed by atoms with Gasteiger partial charge in [0.1, 0.15) is 0 Å². The second-order valence-electron chi connectivity index (χ2n) is 4.40. The van der Waals surface area contributed by atoms with Crippen LogP contribution in [0, 0.1) is 0 Å². The Balaban J connectivity index is 2.34. The van der Waals surface area contributed by atoms with Crippen LogP contribution in [-0.4, -0.2) is 39.7 Å². The normalized spacial score (nSPS) is 14.6. The van der Waals surface area contributed by atoms with Crippen LogP contribution in [-0.2, 0) is 0 Å². The fourth-order valence-corrected chi connectivity index (χ4v) is 2.11. The Morgan fingerprint density at radius 1 is 1.37 bits per heavy atom. The van der Waals surface area contributed by atoms with Gasteiger partial charge in [-0.1, -0.05) is 0 Å². The van der Waals surface area contributed by atoms with E-state index in [9.17, 15) is 9.90 Å². The summed E-state index contributed by atoms with van der Waals surface area (Å²) in [5.41, 5.74) is 0.705. The van der Waals surface area contributed by atoms with Gasteiger partial charge in [-0.3, -0.25) is 0 Å². The van der Waals surface area contributed by atoms with E-state index >= 15 is 0 Å². The van der Waals surface area contributed by atoms with E-state index in [1.54, 1.807) is 0 Å². The number of carboxylic acids is 1. The largest absolute Gasteiger partial charge is 0.482 e. The predicted molar refractivity (Wildman–Crippen MR) is 65.0 cm³/mol. The number of methoxy groups -OCH3 is 2. The fourth-order valence-electron chi connectivity index (χ4n) is 2.11. The van der Waals surface area contributed by atoms with Gasteiger partial charge in [0, 0.05) is 5.92 Å². The molecule has 1 aliphatic rings. The van der Waals surface area contributed by atoms with Gasteiger partial charge in [-0.05, 0) is 12.8 Å². The highest BCUT2D eigenvalue weighted by atomic mass is 16.5. The maximum absolute atomic E-state index is 11.5. The lowest BCUT2D eigenvalue weighted by Gasteiger charge is -2.07. The molecule has 0 unspecified atom stereocenters. The van der Waals surface area contributed by atoms with E-state index in [0.717, 1.165) is 12.8 Å². The van der Waals surface area contributed by atoms with Gasteiger partial charge in [0.25, 0.3) is 0 Å². The van der Waals surface area contributed by atoms with Crippen molar-refractivity contribution in [2.24, 2.45) is 0 Å². The average Bonchev–Trinajstić information content (AvgIpc) is 3.17. The number of nitrogens with zero attached hydrogens (tertiary/aromatic N) is 3. The molecular weight excluding hydrogens is 250 g/mol. The summed E-state index contributed by atoms with van der Waals surface area (Å²) in [5.74, 6) is 0.158. The molecule has 2 aromatic rings. The molecule has 0 amide bonds. The first-order valence-electron chi connectivity index (χ1n) is 5.90. The number of fused-ring (bicyclic) bond motifs is 1. The summed E-state index contributed by atoms with van der Waals surface area (Å²) in [4.78, 5) is 20.0. The third kappa shape index (κ3) is 1.78. The Kier molecular flexibility index (Phi) is 2.55. The second-order valence-corrected chi connectivity index (χ2v) is 4.40. The number of aromatic nitrogens is 3. The molecule has 3 rings (SSSR count). The van der Waals surface area contributed by atoms with Crippen LogP contribution in [0.3, 0.4) is 0 Å². The molecule has 100 valence electrons. The lowest BCUT2D eigenvalue weighted by molar-refractivity contribution is 0.0686. The highest BCUT2D eigenvalue weighted by Crippen LogP contribution is 2.42. The number of carboxylic acid groups (broad SMARTS) is 1. The van der Waals surface area contributed by atoms with Gasteiger partial charge in [-0.25, -0.2) is 14.2 Å². The Morgan fingerprint density at radius 2 is 2.11 bits per heavy atom. The maximum Gasteiger partial charge on any atom is 0.355 e. The first-order chi connectivity index (χ1) is 9.15. The third-order valence-electron chi connectivity index (χ3n) is 3.15. The summed E-state index contributed by atoms with van der Waals surface area (Å²) >= 11 is 0. The van der Waals surface area contributed by atoms with Crippen molar-refractivity contribution in [1.29, 1.82) is 0 Å². The zero-order valence-corrected chi connectivity index (χ0v) is 10.6. The van der Waals surface area contributed by atoms with Crippen LogP contribution >= 0.6 is 0 Å². The molecule has 0 radical (unpaired) electrons. The Hall–Kier alpha value is -2.31. The van der Waals surface area contributed by atoms with E-state index in [0.29, 0.717) is 17.5 Å². The quantitative estimate of drug-likeness (QED) is 0.895. The molecule has 1 N–H and O–H groups in total. The first-order valence-corrected chi connectivity index (χ1v) is 5.90. The lowest BCUT2D eigenvalue weighted by atomic mass is 10.2. The molecule has 0 atom stereocenters. The van der Waals surface area contributed by atoms with E-state index in [1.807, 2.05) is 0 Å². The molecule has 0 bridgehead atoms. The van der Waals surface area contributed by atoms with Crippen molar-refractivity contribution in [3.8, 4) is 11.8 Å². The topological polar surface area (TPSA) is 86.0 Å². The Labute approximate surface area is 108 Å². The molecule has 7 heteroatoms. The molecule has 1 fully saturated rings. The molecular formula is C12H13N3O4. The van der Waals surface area contributed by atoms with E-state index in [4.69, 9.17) is 9.47 Å². The summed E-state index contributed by atoms with van der Waals surface area (Å²) in [5, 5.41) is 9.40. The molecule has 2 aromatic heterocycles. The first kappa shape index (κ1) is 11.8. The molecule has 1 saturated carbocycles. The van der Waals surface area contributed by atoms with Crippen molar-refractivity contribution in [3.05, 3.63) is 17.5 Å². The monoisotopic (exact) mass is 263 g/mol. The van der Waals surface area contributed by atoms with Gasteiger partial charge in [-0.2, -0.15) is 4.98 Å². The maximum atomic E-state index is 11.5. The van der Waals surface area contributed by atoms with Crippen LogP contribution in [0.5, 0.6) is 11.8 Å². The van der Waals surface area contributed by atoms with Gasteiger partial charge in [0.05, 0.1) is 26.0 Å². The molecule has 0 aromatic carbocycles. The fraction of sp³-hybridized carbons (Fsp3) is 0.417. The molecule has 0 aliphatic heterocycles. The van der Waals surface area contributed by atoms with Crippen molar-refractivity contribution in [1.82, 2.24) is 14.4 Å². The summed E-state index contributed by atoms with van der Waals surface area (Å²) in [7, 11) is 2.96. The number of aromatic carboxylic acids is 1. The molecule has 1 aliphatic carbocycles. The van der Waals surface area contributed by atoms with E-state index in [-0.39, 0.29) is 17.4 Å². The smallest absolute Gasteiger partial charge is 0.355 e. The van der Waals surface area contributed by atoms with E-state index < -0.39 is 5.97 Å². The minimum absolute atomic E-state index is 0.129. The van der Waals surface area contributed by atoms with Gasteiger partial charge >= 0.3 is 5.97 Å². The van der Waals surface area contributed by atoms with E-state index in [1.165, 1.54) is 24.7 Å². The lowest BCUT2D eigenvalue weighted by Crippen LogP contribution is -2.08. The highest BCUT2D eigenvalue weighted by molar-refractivity contribution is 5.89. The van der Waals surface area contributed by atoms with Gasteiger partial charge in [-0.15, -0.1) is 0 Å². The predicted octanol–water partition coefficient (Wildman–Crippen LogP) is 1.32. The minimum Gasteiger partial charge on any atom is -0.482 e. The molecule has 0 spiro atoms. The van der Waals surface area contributed by atoms with Crippen LogP contribution in [0.25, 0.3) is 5.78 Å². The standard InChI is InChI=1S/C12H13N3O4/c1-18-7-5-8(19-2)15-10(11(16)17)9(6-3-4-6)14-12(15)13-7/h5-6H,3-4H2,1-2H3,(H,16,17). The van der Waals surface area contributed by atoms with Crippen molar-refractivity contribution >= 4 is 11.7 Å². The molecule has 19 heavy (non-hydrogen) atoms. The number of ether oxygens (including phenoxy) is 2. The second kappa shape index (κ2) is 4.11. The van der Waals surface area contributed by atoms with Crippen LogP contribution < -0.4 is 9.47 Å². The van der Waals surface area contributed by atoms with Crippen LogP contribution in [0.1, 0.15) is 34.9 Å². The van der Waals surface area contributed by atoms with Crippen molar-refractivity contribution in [2.45, 2.75) is 18.8 Å². The number of hydrogen-bond acceptors (Lipinski definition) is 5. The number of imidazole rings is 1. The Morgan fingerprint density at radius 3 is 2.63 bits per heavy atom. The zero-order valence-electron chi connectivity index (χ0n) is 10.6. The average molecular weight is 263 g/mol. The number of hydrogen-bond donors (Lipinski definition) is 1. The van der Waals surface area contributed by atoms with Gasteiger partial charge in [0.15, 0.2) is 5.69 Å². The van der Waals surface area contributed by atoms with Crippen molar-refractivity contribution in [2.75, 3.05) is 14.2 Å². The minimum atomic E-state index is -1.03. The summed E-state index contributed by atoms with van der Waals surface area (Å²) < 4.78 is 11.7. The van der Waals surface area contributed by atoms with Crippen LogP contribution in [0.15, 0.2) is 6.07 Å². The Bertz CT molecular complexity index is 661. The van der Waals surface area contributed by atoms with Crippen molar-refractivity contribution in [3.63, 3.8) is 0 Å². The zero-order chi connectivity index (χ0) is 13.6.